The predicted octanol–water partition coefficient (Wildman–Crippen LogP) is 4.64. The molecule has 138 valence electrons. The molecular weight excluding hydrogens is 374 g/mol. The van der Waals surface area contributed by atoms with Gasteiger partial charge in [-0.1, -0.05) is 38.4 Å². The molecule has 2 heterocycles. The number of ether oxygens (including phenoxy) is 1. The Hall–Kier alpha value is -2.25. The highest BCUT2D eigenvalue weighted by molar-refractivity contribution is 7.10. The molecule has 0 aliphatic carbocycles. The summed E-state index contributed by atoms with van der Waals surface area (Å²) in [4.78, 5) is 25.0. The van der Waals surface area contributed by atoms with E-state index in [-0.39, 0.29) is 30.0 Å². The highest BCUT2D eigenvalue weighted by atomic mass is 35.5. The van der Waals surface area contributed by atoms with Gasteiger partial charge in [0.05, 0.1) is 22.4 Å². The van der Waals surface area contributed by atoms with Crippen molar-refractivity contribution in [3.63, 3.8) is 0 Å². The largest absolute Gasteiger partial charge is 0.482 e. The van der Waals surface area contributed by atoms with Crippen LogP contribution in [0.2, 0.25) is 5.02 Å². The maximum Gasteiger partial charge on any atom is 0.319 e. The molecular formula is C18H20ClN3O3S. The lowest BCUT2D eigenvalue weighted by molar-refractivity contribution is -0.118. The van der Waals surface area contributed by atoms with Crippen LogP contribution in [0.5, 0.6) is 5.75 Å². The van der Waals surface area contributed by atoms with Crippen molar-refractivity contribution in [2.45, 2.75) is 26.8 Å². The van der Waals surface area contributed by atoms with Crippen LogP contribution in [0.25, 0.3) is 0 Å². The summed E-state index contributed by atoms with van der Waals surface area (Å²) in [6, 6.07) is 6.63. The molecule has 0 saturated carbocycles. The Morgan fingerprint density at radius 3 is 2.81 bits per heavy atom. The van der Waals surface area contributed by atoms with E-state index < -0.39 is 0 Å². The number of urea groups is 1. The van der Waals surface area contributed by atoms with Crippen molar-refractivity contribution in [3.05, 3.63) is 39.5 Å². The van der Waals surface area contributed by atoms with Gasteiger partial charge in [-0.25, -0.2) is 4.79 Å². The van der Waals surface area contributed by atoms with Crippen LogP contribution in [0, 0.1) is 5.41 Å². The van der Waals surface area contributed by atoms with Gasteiger partial charge in [-0.3, -0.25) is 4.79 Å². The molecule has 1 aromatic heterocycles. The third-order valence-corrected chi connectivity index (χ3v) is 5.17. The zero-order chi connectivity index (χ0) is 18.9. The summed E-state index contributed by atoms with van der Waals surface area (Å²) in [7, 11) is 0. The fraction of sp³-hybridized carbons (Fsp3) is 0.333. The Labute approximate surface area is 160 Å². The van der Waals surface area contributed by atoms with Gasteiger partial charge in [0.2, 0.25) is 0 Å². The molecule has 0 radical (unpaired) electrons. The molecule has 3 amide bonds. The first-order valence-corrected chi connectivity index (χ1v) is 9.37. The summed E-state index contributed by atoms with van der Waals surface area (Å²) in [6.07, 6.45) is 0. The lowest BCUT2D eigenvalue weighted by atomic mass is 9.86. The van der Waals surface area contributed by atoms with Crippen LogP contribution in [0.1, 0.15) is 31.7 Å². The van der Waals surface area contributed by atoms with Crippen LogP contribution in [-0.2, 0) is 4.79 Å². The molecule has 1 unspecified atom stereocenters. The van der Waals surface area contributed by atoms with Crippen LogP contribution >= 0.6 is 22.9 Å². The lowest BCUT2D eigenvalue weighted by Gasteiger charge is -2.31. The Balaban J connectivity index is 1.76. The van der Waals surface area contributed by atoms with Gasteiger partial charge in [0, 0.05) is 10.9 Å². The average Bonchev–Trinajstić information content (AvgIpc) is 3.06. The van der Waals surface area contributed by atoms with Crippen LogP contribution in [0.3, 0.4) is 0 Å². The van der Waals surface area contributed by atoms with Gasteiger partial charge in [-0.15, -0.1) is 11.3 Å². The average molecular weight is 394 g/mol. The van der Waals surface area contributed by atoms with E-state index in [1.165, 1.54) is 0 Å². The quantitative estimate of drug-likeness (QED) is 0.710. The minimum Gasteiger partial charge on any atom is -0.482 e. The Kier molecular flexibility index (Phi) is 5.11. The molecule has 3 N–H and O–H groups in total. The van der Waals surface area contributed by atoms with E-state index in [2.05, 4.69) is 36.7 Å². The van der Waals surface area contributed by atoms with Gasteiger partial charge < -0.3 is 20.7 Å². The smallest absolute Gasteiger partial charge is 0.319 e. The number of hydrogen-bond acceptors (Lipinski definition) is 4. The summed E-state index contributed by atoms with van der Waals surface area (Å²) >= 11 is 7.83. The Bertz CT molecular complexity index is 831. The molecule has 1 atom stereocenters. The number of amides is 3. The summed E-state index contributed by atoms with van der Waals surface area (Å²) < 4.78 is 5.37. The van der Waals surface area contributed by atoms with E-state index in [0.717, 1.165) is 4.88 Å². The van der Waals surface area contributed by atoms with E-state index in [1.807, 2.05) is 17.5 Å². The second-order valence-electron chi connectivity index (χ2n) is 7.08. The number of nitrogens with one attached hydrogen (secondary N) is 3. The standard InChI is InChI=1S/C18H20ClN3O3S/c1-18(2,3)16(14-5-4-6-26-14)22-17(24)21-11-8-13-12(7-10(11)19)20-15(23)9-25-13/h4-8,16H,9H2,1-3H3,(H,20,23)(H2,21,22,24). The predicted molar refractivity (Wildman–Crippen MR) is 104 cm³/mol. The number of benzene rings is 1. The number of carbonyl (C=O) groups is 2. The van der Waals surface area contributed by atoms with Gasteiger partial charge >= 0.3 is 6.03 Å². The molecule has 26 heavy (non-hydrogen) atoms. The first-order valence-electron chi connectivity index (χ1n) is 8.11. The Morgan fingerprint density at radius 2 is 2.15 bits per heavy atom. The van der Waals surface area contributed by atoms with Crippen LogP contribution in [0.4, 0.5) is 16.2 Å². The maximum absolute atomic E-state index is 12.6. The van der Waals surface area contributed by atoms with E-state index in [4.69, 9.17) is 16.3 Å². The highest BCUT2D eigenvalue weighted by Crippen LogP contribution is 2.37. The van der Waals surface area contributed by atoms with E-state index in [9.17, 15) is 9.59 Å². The SMILES string of the molecule is CC(C)(C)C(NC(=O)Nc1cc2c(cc1Cl)NC(=O)CO2)c1cccs1. The third-order valence-electron chi connectivity index (χ3n) is 3.92. The molecule has 0 spiro atoms. The van der Waals surface area contributed by atoms with Gasteiger partial charge in [0.1, 0.15) is 5.75 Å². The number of fused-ring (bicyclic) bond motifs is 1. The normalized spacial score (nSPS) is 14.7. The molecule has 0 bridgehead atoms. The Morgan fingerprint density at radius 1 is 1.38 bits per heavy atom. The summed E-state index contributed by atoms with van der Waals surface area (Å²) in [5.41, 5.74) is 0.746. The zero-order valence-corrected chi connectivity index (χ0v) is 16.3. The first kappa shape index (κ1) is 18.5. The molecule has 2 aromatic rings. The lowest BCUT2D eigenvalue weighted by Crippen LogP contribution is -2.38. The second kappa shape index (κ2) is 7.17. The van der Waals surface area contributed by atoms with Crippen molar-refractivity contribution in [2.75, 3.05) is 17.2 Å². The van der Waals surface area contributed by atoms with Crippen molar-refractivity contribution in [3.8, 4) is 5.75 Å². The molecule has 3 rings (SSSR count). The molecule has 6 nitrogen and oxygen atoms in total. The van der Waals surface area contributed by atoms with Crippen molar-refractivity contribution in [1.29, 1.82) is 0 Å². The number of anilines is 2. The maximum atomic E-state index is 12.6. The molecule has 0 saturated heterocycles. The van der Waals surface area contributed by atoms with E-state index in [0.29, 0.717) is 22.1 Å². The van der Waals surface area contributed by atoms with Crippen molar-refractivity contribution >= 4 is 46.3 Å². The minimum atomic E-state index is -0.361. The minimum absolute atomic E-state index is 0.0647. The van der Waals surface area contributed by atoms with Gasteiger partial charge in [-0.05, 0) is 22.9 Å². The molecule has 1 aromatic carbocycles. The topological polar surface area (TPSA) is 79.5 Å². The van der Waals surface area contributed by atoms with Crippen LogP contribution < -0.4 is 20.7 Å². The number of rotatable bonds is 3. The first-order chi connectivity index (χ1) is 12.2. The van der Waals surface area contributed by atoms with E-state index >= 15 is 0 Å². The van der Waals surface area contributed by atoms with Gasteiger partial charge in [0.25, 0.3) is 5.91 Å². The van der Waals surface area contributed by atoms with Crippen molar-refractivity contribution in [2.24, 2.45) is 5.41 Å². The zero-order valence-electron chi connectivity index (χ0n) is 14.7. The molecule has 8 heteroatoms. The monoisotopic (exact) mass is 393 g/mol. The molecule has 0 fully saturated rings. The fourth-order valence-corrected chi connectivity index (χ4v) is 3.89. The molecule has 1 aliphatic rings. The van der Waals surface area contributed by atoms with Crippen molar-refractivity contribution in [1.82, 2.24) is 5.32 Å². The van der Waals surface area contributed by atoms with Gasteiger partial charge in [-0.2, -0.15) is 0 Å². The van der Waals surface area contributed by atoms with E-state index in [1.54, 1.807) is 23.5 Å². The van der Waals surface area contributed by atoms with Crippen LogP contribution in [0.15, 0.2) is 29.6 Å². The van der Waals surface area contributed by atoms with Gasteiger partial charge in [0.15, 0.2) is 6.61 Å². The summed E-state index contributed by atoms with van der Waals surface area (Å²) in [5.74, 6) is 0.228. The fourth-order valence-electron chi connectivity index (χ4n) is 2.66. The number of carbonyl (C=O) groups excluding carboxylic acids is 2. The van der Waals surface area contributed by atoms with Crippen molar-refractivity contribution < 1.29 is 14.3 Å². The summed E-state index contributed by atoms with van der Waals surface area (Å²) in [6.45, 7) is 6.14. The highest BCUT2D eigenvalue weighted by Gasteiger charge is 2.29. The second-order valence-corrected chi connectivity index (χ2v) is 8.46. The third kappa shape index (κ3) is 4.11. The molecule has 1 aliphatic heterocycles. The number of hydrogen-bond donors (Lipinski definition) is 3. The number of halogens is 1. The number of thiophene rings is 1. The van der Waals surface area contributed by atoms with Crippen LogP contribution in [-0.4, -0.2) is 18.5 Å². The summed E-state index contributed by atoms with van der Waals surface area (Å²) in [5, 5.41) is 10.8.